The third-order valence-corrected chi connectivity index (χ3v) is 3.64. The van der Waals surface area contributed by atoms with Crippen molar-refractivity contribution in [2.45, 2.75) is 31.8 Å². The molecule has 0 atom stereocenters. The summed E-state index contributed by atoms with van der Waals surface area (Å²) >= 11 is 11.8. The zero-order valence-corrected chi connectivity index (χ0v) is 10.7. The van der Waals surface area contributed by atoms with E-state index in [4.69, 9.17) is 28.0 Å². The summed E-state index contributed by atoms with van der Waals surface area (Å²) in [6, 6.07) is 4.93. The maximum atomic E-state index is 11.8. The van der Waals surface area contributed by atoms with Gasteiger partial charge >= 0.3 is 0 Å². The van der Waals surface area contributed by atoms with Gasteiger partial charge in [0, 0.05) is 0 Å². The normalized spacial score (nSPS) is 16.1. The Balaban J connectivity index is 1.97. The molecule has 2 rings (SSSR count). The van der Waals surface area contributed by atoms with Crippen molar-refractivity contribution in [3.05, 3.63) is 33.8 Å². The first-order chi connectivity index (χ1) is 8.18. The predicted octanol–water partition coefficient (Wildman–Crippen LogP) is 3.60. The highest BCUT2D eigenvalue weighted by Gasteiger charge is 2.18. The molecule has 1 fully saturated rings. The Morgan fingerprint density at radius 3 is 2.71 bits per heavy atom. The summed E-state index contributed by atoms with van der Waals surface area (Å²) in [5, 5.41) is 0.613. The zero-order chi connectivity index (χ0) is 12.3. The van der Waals surface area contributed by atoms with Gasteiger partial charge in [0.05, 0.1) is 21.7 Å². The topological polar surface area (TPSA) is 38.3 Å². The largest absolute Gasteiger partial charge is 0.276 e. The lowest BCUT2D eigenvalue weighted by atomic mass is 10.2. The quantitative estimate of drug-likeness (QED) is 0.855. The number of carbonyl (C=O) groups is 1. The van der Waals surface area contributed by atoms with Crippen molar-refractivity contribution in [1.29, 1.82) is 0 Å². The molecule has 1 aromatic carbocycles. The lowest BCUT2D eigenvalue weighted by Gasteiger charge is -2.12. The highest BCUT2D eigenvalue weighted by Crippen LogP contribution is 2.25. The van der Waals surface area contributed by atoms with E-state index in [1.165, 1.54) is 0 Å². The van der Waals surface area contributed by atoms with Crippen LogP contribution < -0.4 is 5.48 Å². The first-order valence-corrected chi connectivity index (χ1v) is 6.34. The van der Waals surface area contributed by atoms with Gasteiger partial charge in [-0.1, -0.05) is 42.1 Å². The van der Waals surface area contributed by atoms with Crippen LogP contribution in [0.25, 0.3) is 0 Å². The van der Waals surface area contributed by atoms with E-state index in [2.05, 4.69) is 5.48 Å². The van der Waals surface area contributed by atoms with Crippen molar-refractivity contribution in [2.24, 2.45) is 0 Å². The summed E-state index contributed by atoms with van der Waals surface area (Å²) < 4.78 is 0. The first kappa shape index (κ1) is 12.7. The smallest absolute Gasteiger partial charge is 0.270 e. The standard InChI is InChI=1S/C12H13Cl2NO2/c13-10-7-3-6-9(11(10)14)12(16)15-17-8-4-1-2-5-8/h3,6-8H,1-2,4-5H2,(H,15,16). The fourth-order valence-corrected chi connectivity index (χ4v) is 2.26. The Morgan fingerprint density at radius 2 is 2.00 bits per heavy atom. The zero-order valence-electron chi connectivity index (χ0n) is 9.21. The Morgan fingerprint density at radius 1 is 1.29 bits per heavy atom. The minimum Gasteiger partial charge on any atom is -0.270 e. The number of halogens is 2. The van der Waals surface area contributed by atoms with Crippen molar-refractivity contribution < 1.29 is 9.63 Å². The van der Waals surface area contributed by atoms with Crippen molar-refractivity contribution in [2.75, 3.05) is 0 Å². The molecule has 0 saturated heterocycles. The van der Waals surface area contributed by atoms with E-state index >= 15 is 0 Å². The van der Waals surface area contributed by atoms with Crippen LogP contribution >= 0.6 is 23.2 Å². The number of hydrogen-bond donors (Lipinski definition) is 1. The summed E-state index contributed by atoms with van der Waals surface area (Å²) in [6.45, 7) is 0. The van der Waals surface area contributed by atoms with E-state index in [0.29, 0.717) is 10.6 Å². The van der Waals surface area contributed by atoms with Gasteiger partial charge in [-0.3, -0.25) is 9.63 Å². The monoisotopic (exact) mass is 273 g/mol. The molecule has 17 heavy (non-hydrogen) atoms. The molecule has 92 valence electrons. The third kappa shape index (κ3) is 3.12. The maximum Gasteiger partial charge on any atom is 0.276 e. The molecule has 1 N–H and O–H groups in total. The van der Waals surface area contributed by atoms with Crippen LogP contribution in [0.2, 0.25) is 10.0 Å². The second kappa shape index (κ2) is 5.71. The van der Waals surface area contributed by atoms with Crippen molar-refractivity contribution in [1.82, 2.24) is 5.48 Å². The SMILES string of the molecule is O=C(NOC1CCCC1)c1cccc(Cl)c1Cl. The number of rotatable bonds is 3. The molecule has 0 bridgehead atoms. The molecule has 0 unspecified atom stereocenters. The van der Waals surface area contributed by atoms with Crippen molar-refractivity contribution in [3.8, 4) is 0 Å². The van der Waals surface area contributed by atoms with E-state index in [1.54, 1.807) is 18.2 Å². The average Bonchev–Trinajstić information content (AvgIpc) is 2.82. The van der Waals surface area contributed by atoms with Gasteiger partial charge in [0.15, 0.2) is 0 Å². The number of hydroxylamine groups is 1. The molecule has 1 aromatic rings. The van der Waals surface area contributed by atoms with Crippen LogP contribution in [0.5, 0.6) is 0 Å². The minimum atomic E-state index is -0.357. The van der Waals surface area contributed by atoms with Gasteiger partial charge in [0.2, 0.25) is 0 Å². The Labute approximate surface area is 110 Å². The Hall–Kier alpha value is -0.770. The fraction of sp³-hybridized carbons (Fsp3) is 0.417. The molecule has 0 heterocycles. The molecule has 0 spiro atoms. The first-order valence-electron chi connectivity index (χ1n) is 5.58. The van der Waals surface area contributed by atoms with Crippen LogP contribution in [0, 0.1) is 0 Å². The van der Waals surface area contributed by atoms with Crippen LogP contribution in [0.15, 0.2) is 18.2 Å². The average molecular weight is 274 g/mol. The second-order valence-electron chi connectivity index (χ2n) is 4.06. The molecule has 3 nitrogen and oxygen atoms in total. The van der Waals surface area contributed by atoms with Gasteiger partial charge in [0.25, 0.3) is 5.91 Å². The van der Waals surface area contributed by atoms with Gasteiger partial charge in [-0.25, -0.2) is 5.48 Å². The van der Waals surface area contributed by atoms with Gasteiger partial charge in [-0.05, 0) is 25.0 Å². The van der Waals surface area contributed by atoms with E-state index in [1.807, 2.05) is 0 Å². The minimum absolute atomic E-state index is 0.122. The van der Waals surface area contributed by atoms with Crippen LogP contribution in [0.4, 0.5) is 0 Å². The van der Waals surface area contributed by atoms with Crippen LogP contribution in [0.1, 0.15) is 36.0 Å². The van der Waals surface area contributed by atoms with Gasteiger partial charge < -0.3 is 0 Å². The number of amides is 1. The molecular formula is C12H13Cl2NO2. The van der Waals surface area contributed by atoms with Gasteiger partial charge in [-0.2, -0.15) is 0 Å². The van der Waals surface area contributed by atoms with E-state index in [9.17, 15) is 4.79 Å². The number of benzene rings is 1. The van der Waals surface area contributed by atoms with E-state index in [-0.39, 0.29) is 17.0 Å². The summed E-state index contributed by atoms with van der Waals surface area (Å²) in [5.41, 5.74) is 2.76. The lowest BCUT2D eigenvalue weighted by Crippen LogP contribution is -2.28. The molecule has 0 aromatic heterocycles. The summed E-state index contributed by atoms with van der Waals surface area (Å²) in [4.78, 5) is 17.1. The van der Waals surface area contributed by atoms with Crippen molar-refractivity contribution in [3.63, 3.8) is 0 Å². The van der Waals surface area contributed by atoms with Crippen LogP contribution in [0.3, 0.4) is 0 Å². The molecule has 1 saturated carbocycles. The molecule has 0 radical (unpaired) electrons. The number of nitrogens with one attached hydrogen (secondary N) is 1. The predicted molar refractivity (Wildman–Crippen MR) is 67.3 cm³/mol. The molecule has 1 aliphatic carbocycles. The van der Waals surface area contributed by atoms with Crippen LogP contribution in [-0.4, -0.2) is 12.0 Å². The Kier molecular flexibility index (Phi) is 4.26. The molecule has 0 aliphatic heterocycles. The van der Waals surface area contributed by atoms with Gasteiger partial charge in [-0.15, -0.1) is 0 Å². The lowest BCUT2D eigenvalue weighted by molar-refractivity contribution is -0.0124. The van der Waals surface area contributed by atoms with Crippen molar-refractivity contribution >= 4 is 29.1 Å². The molecule has 1 amide bonds. The number of carbonyl (C=O) groups excluding carboxylic acids is 1. The summed E-state index contributed by atoms with van der Waals surface area (Å²) in [6.07, 6.45) is 4.40. The molecular weight excluding hydrogens is 261 g/mol. The fourth-order valence-electron chi connectivity index (χ4n) is 1.88. The highest BCUT2D eigenvalue weighted by atomic mass is 35.5. The highest BCUT2D eigenvalue weighted by molar-refractivity contribution is 6.43. The van der Waals surface area contributed by atoms with E-state index in [0.717, 1.165) is 25.7 Å². The van der Waals surface area contributed by atoms with E-state index < -0.39 is 0 Å². The number of hydrogen-bond acceptors (Lipinski definition) is 2. The summed E-state index contributed by atoms with van der Waals surface area (Å²) in [5.74, 6) is -0.357. The van der Waals surface area contributed by atoms with Gasteiger partial charge in [0.1, 0.15) is 0 Å². The summed E-state index contributed by atoms with van der Waals surface area (Å²) in [7, 11) is 0. The Bertz CT molecular complexity index is 417. The second-order valence-corrected chi connectivity index (χ2v) is 4.84. The van der Waals surface area contributed by atoms with Crippen LogP contribution in [-0.2, 0) is 4.84 Å². The maximum absolute atomic E-state index is 11.8. The molecule has 5 heteroatoms. The molecule has 1 aliphatic rings. The third-order valence-electron chi connectivity index (χ3n) is 2.82.